The minimum absolute atomic E-state index is 0.00514. The molecule has 0 atom stereocenters. The second-order valence-corrected chi connectivity index (χ2v) is 7.40. The molecule has 0 saturated carbocycles. The first-order chi connectivity index (χ1) is 14.7. The van der Waals surface area contributed by atoms with Gasteiger partial charge in [-0.05, 0) is 42.0 Å². The van der Waals surface area contributed by atoms with Crippen LogP contribution >= 0.6 is 0 Å². The van der Waals surface area contributed by atoms with Crippen molar-refractivity contribution >= 4 is 11.6 Å². The molecule has 3 aromatic rings. The molecule has 1 N–H and O–H groups in total. The van der Waals surface area contributed by atoms with Gasteiger partial charge in [-0.15, -0.1) is 0 Å². The molecule has 2 heterocycles. The lowest BCUT2D eigenvalue weighted by Crippen LogP contribution is -2.48. The predicted molar refractivity (Wildman–Crippen MR) is 118 cm³/mol. The second-order valence-electron chi connectivity index (χ2n) is 7.40. The molecular weight excluding hydrogens is 376 g/mol. The smallest absolute Gasteiger partial charge is 0.238 e. The monoisotopic (exact) mass is 402 g/mol. The molecule has 1 aliphatic rings. The van der Waals surface area contributed by atoms with E-state index in [0.717, 1.165) is 44.2 Å². The number of carbonyl (C=O) groups is 1. The molecule has 6 nitrogen and oxygen atoms in total. The highest BCUT2D eigenvalue weighted by Gasteiger charge is 2.19. The van der Waals surface area contributed by atoms with E-state index in [9.17, 15) is 4.79 Å². The van der Waals surface area contributed by atoms with E-state index in [1.165, 1.54) is 5.56 Å². The third kappa shape index (κ3) is 5.89. The summed E-state index contributed by atoms with van der Waals surface area (Å²) in [4.78, 5) is 21.2. The number of hydrogen-bond donors (Lipinski definition) is 1. The van der Waals surface area contributed by atoms with Gasteiger partial charge in [0.05, 0.1) is 6.54 Å². The minimum atomic E-state index is -0.00514. The first kappa shape index (κ1) is 20.1. The van der Waals surface area contributed by atoms with Gasteiger partial charge in [-0.1, -0.05) is 24.3 Å². The Labute approximate surface area is 177 Å². The lowest BCUT2D eigenvalue weighted by atomic mass is 10.2. The highest BCUT2D eigenvalue weighted by Crippen LogP contribution is 2.23. The number of pyridine rings is 1. The summed E-state index contributed by atoms with van der Waals surface area (Å²) in [6.45, 7) is 5.00. The Bertz CT molecular complexity index is 942. The summed E-state index contributed by atoms with van der Waals surface area (Å²) in [7, 11) is 0. The molecule has 1 amide bonds. The fraction of sp³-hybridized carbons (Fsp3) is 0.250. The van der Waals surface area contributed by atoms with E-state index in [4.69, 9.17) is 4.74 Å². The van der Waals surface area contributed by atoms with Gasteiger partial charge in [0.2, 0.25) is 5.91 Å². The van der Waals surface area contributed by atoms with E-state index in [-0.39, 0.29) is 5.91 Å². The summed E-state index contributed by atoms with van der Waals surface area (Å²) in [5.74, 6) is 1.46. The molecule has 1 saturated heterocycles. The summed E-state index contributed by atoms with van der Waals surface area (Å²) in [6, 6.07) is 21.2. The van der Waals surface area contributed by atoms with E-state index in [0.29, 0.717) is 12.3 Å². The van der Waals surface area contributed by atoms with E-state index < -0.39 is 0 Å². The summed E-state index contributed by atoms with van der Waals surface area (Å²) < 4.78 is 5.84. The van der Waals surface area contributed by atoms with Crippen molar-refractivity contribution in [2.75, 3.05) is 38.0 Å². The first-order valence-electron chi connectivity index (χ1n) is 10.2. The van der Waals surface area contributed by atoms with Crippen molar-refractivity contribution in [1.29, 1.82) is 0 Å². The number of nitrogens with zero attached hydrogens (tertiary/aromatic N) is 3. The quantitative estimate of drug-likeness (QED) is 0.654. The van der Waals surface area contributed by atoms with Crippen LogP contribution in [-0.4, -0.2) is 53.4 Å². The number of para-hydroxylation sites is 1. The molecule has 30 heavy (non-hydrogen) atoms. The van der Waals surface area contributed by atoms with Crippen molar-refractivity contribution in [3.05, 3.63) is 84.7 Å². The molecular formula is C24H26N4O2. The van der Waals surface area contributed by atoms with Crippen LogP contribution in [0.3, 0.4) is 0 Å². The van der Waals surface area contributed by atoms with E-state index in [1.54, 1.807) is 0 Å². The Morgan fingerprint density at radius 1 is 0.867 bits per heavy atom. The fourth-order valence-electron chi connectivity index (χ4n) is 3.52. The van der Waals surface area contributed by atoms with Crippen LogP contribution < -0.4 is 10.1 Å². The van der Waals surface area contributed by atoms with Gasteiger partial charge >= 0.3 is 0 Å². The zero-order valence-electron chi connectivity index (χ0n) is 16.9. The number of hydrogen-bond acceptors (Lipinski definition) is 5. The first-order valence-corrected chi connectivity index (χ1v) is 10.2. The van der Waals surface area contributed by atoms with Crippen LogP contribution in [0, 0.1) is 0 Å². The van der Waals surface area contributed by atoms with Gasteiger partial charge in [0.25, 0.3) is 0 Å². The molecule has 0 aliphatic carbocycles. The van der Waals surface area contributed by atoms with Crippen LogP contribution in [-0.2, 0) is 11.3 Å². The molecule has 154 valence electrons. The van der Waals surface area contributed by atoms with E-state index in [2.05, 4.69) is 32.2 Å². The van der Waals surface area contributed by atoms with Gasteiger partial charge in [0.15, 0.2) is 0 Å². The maximum absolute atomic E-state index is 12.5. The Kier molecular flexibility index (Phi) is 6.69. The Balaban J connectivity index is 1.24. The average Bonchev–Trinajstić information content (AvgIpc) is 2.77. The molecule has 0 spiro atoms. The third-order valence-corrected chi connectivity index (χ3v) is 5.08. The van der Waals surface area contributed by atoms with Gasteiger partial charge in [0, 0.05) is 56.9 Å². The molecule has 4 rings (SSSR count). The number of ether oxygens (including phenoxy) is 1. The summed E-state index contributed by atoms with van der Waals surface area (Å²) >= 11 is 0. The van der Waals surface area contributed by atoms with Crippen LogP contribution in [0.1, 0.15) is 5.56 Å². The van der Waals surface area contributed by atoms with Crippen molar-refractivity contribution in [2.45, 2.75) is 6.54 Å². The summed E-state index contributed by atoms with van der Waals surface area (Å²) in [5, 5.41) is 2.99. The third-order valence-electron chi connectivity index (χ3n) is 5.08. The van der Waals surface area contributed by atoms with Gasteiger partial charge in [-0.2, -0.15) is 0 Å². The molecule has 0 bridgehead atoms. The second kappa shape index (κ2) is 10.0. The predicted octanol–water partition coefficient (Wildman–Crippen LogP) is 3.63. The zero-order chi connectivity index (χ0) is 20.6. The number of piperazine rings is 1. The van der Waals surface area contributed by atoms with Crippen molar-refractivity contribution in [1.82, 2.24) is 14.8 Å². The lowest BCUT2D eigenvalue weighted by Gasteiger charge is -2.34. The number of carbonyl (C=O) groups excluding carboxylic acids is 1. The highest BCUT2D eigenvalue weighted by molar-refractivity contribution is 5.92. The number of amides is 1. The van der Waals surface area contributed by atoms with E-state index >= 15 is 0 Å². The number of benzene rings is 2. The van der Waals surface area contributed by atoms with Crippen molar-refractivity contribution in [3.8, 4) is 11.5 Å². The SMILES string of the molecule is O=C(CN1CCN(Cc2ccncc2)CC1)Nc1cccc(Oc2ccccc2)c1. The van der Waals surface area contributed by atoms with Crippen LogP contribution in [0.4, 0.5) is 5.69 Å². The molecule has 1 aromatic heterocycles. The molecule has 1 fully saturated rings. The Hall–Kier alpha value is -3.22. The van der Waals surface area contributed by atoms with Crippen LogP contribution in [0.25, 0.3) is 0 Å². The van der Waals surface area contributed by atoms with Gasteiger partial charge in [0.1, 0.15) is 11.5 Å². The summed E-state index contributed by atoms with van der Waals surface area (Å²) in [5.41, 5.74) is 2.01. The molecule has 0 unspecified atom stereocenters. The highest BCUT2D eigenvalue weighted by atomic mass is 16.5. The largest absolute Gasteiger partial charge is 0.457 e. The van der Waals surface area contributed by atoms with Gasteiger partial charge in [-0.3, -0.25) is 19.6 Å². The molecule has 2 aromatic carbocycles. The van der Waals surface area contributed by atoms with Gasteiger partial charge < -0.3 is 10.1 Å². The minimum Gasteiger partial charge on any atom is -0.457 e. The van der Waals surface area contributed by atoms with Crippen LogP contribution in [0.2, 0.25) is 0 Å². The van der Waals surface area contributed by atoms with E-state index in [1.807, 2.05) is 67.0 Å². The number of rotatable bonds is 7. The molecule has 0 radical (unpaired) electrons. The molecule has 6 heteroatoms. The number of anilines is 1. The zero-order valence-corrected chi connectivity index (χ0v) is 16.9. The van der Waals surface area contributed by atoms with Crippen molar-refractivity contribution in [2.24, 2.45) is 0 Å². The van der Waals surface area contributed by atoms with Crippen molar-refractivity contribution in [3.63, 3.8) is 0 Å². The Morgan fingerprint density at radius 3 is 2.33 bits per heavy atom. The summed E-state index contributed by atoms with van der Waals surface area (Å²) in [6.07, 6.45) is 3.66. The maximum Gasteiger partial charge on any atom is 0.238 e. The number of nitrogens with one attached hydrogen (secondary N) is 1. The Morgan fingerprint density at radius 2 is 1.57 bits per heavy atom. The topological polar surface area (TPSA) is 57.7 Å². The normalized spacial score (nSPS) is 14.9. The van der Waals surface area contributed by atoms with Crippen molar-refractivity contribution < 1.29 is 9.53 Å². The van der Waals surface area contributed by atoms with Crippen LogP contribution in [0.15, 0.2) is 79.1 Å². The average molecular weight is 402 g/mol. The fourth-order valence-corrected chi connectivity index (χ4v) is 3.52. The van der Waals surface area contributed by atoms with Gasteiger partial charge in [-0.25, -0.2) is 0 Å². The van der Waals surface area contributed by atoms with Crippen LogP contribution in [0.5, 0.6) is 11.5 Å². The standard InChI is InChI=1S/C24H26N4O2/c29-24(19-28-15-13-27(14-16-28)18-20-9-11-25-12-10-20)26-21-5-4-8-23(17-21)30-22-6-2-1-3-7-22/h1-12,17H,13-16,18-19H2,(H,26,29). The number of aromatic nitrogens is 1. The maximum atomic E-state index is 12.5. The lowest BCUT2D eigenvalue weighted by molar-refractivity contribution is -0.117. The molecule has 1 aliphatic heterocycles.